The molecule has 28 heavy (non-hydrogen) atoms. The second-order valence-electron chi connectivity index (χ2n) is 6.41. The predicted molar refractivity (Wildman–Crippen MR) is 107 cm³/mol. The molecular weight excluding hydrogens is 376 g/mol. The number of nitrogens with zero attached hydrogens (tertiary/aromatic N) is 2. The van der Waals surface area contributed by atoms with Crippen LogP contribution in [0.3, 0.4) is 0 Å². The molecule has 0 radical (unpaired) electrons. The molecule has 0 N–H and O–H groups in total. The molecule has 4 rings (SSSR count). The van der Waals surface area contributed by atoms with Crippen molar-refractivity contribution in [2.45, 2.75) is 11.3 Å². The van der Waals surface area contributed by atoms with Crippen molar-refractivity contribution in [2.24, 2.45) is 0 Å². The maximum atomic E-state index is 13.4. The Bertz CT molecular complexity index is 1200. The normalized spacial score (nSPS) is 13.8. The van der Waals surface area contributed by atoms with E-state index < -0.39 is 16.0 Å². The summed E-state index contributed by atoms with van der Waals surface area (Å²) in [4.78, 5) is 15.9. The van der Waals surface area contributed by atoms with Crippen molar-refractivity contribution >= 4 is 38.7 Å². The molecule has 0 bridgehead atoms. The average molecular weight is 394 g/mol. The van der Waals surface area contributed by atoms with E-state index in [4.69, 9.17) is 0 Å². The molecule has 1 aromatic heterocycles. The van der Waals surface area contributed by atoms with Crippen LogP contribution in [0.25, 0.3) is 16.8 Å². The van der Waals surface area contributed by atoms with E-state index in [9.17, 15) is 13.2 Å². The SMILES string of the molecule is COC(=O)C=Cc1cnc2c(c1)CCN2S(=O)(=O)c1cccc2ccccc12. The van der Waals surface area contributed by atoms with Crippen LogP contribution in [-0.2, 0) is 26.0 Å². The van der Waals surface area contributed by atoms with E-state index in [1.165, 1.54) is 17.5 Å². The molecule has 0 unspecified atom stereocenters. The molecule has 2 heterocycles. The summed E-state index contributed by atoms with van der Waals surface area (Å²) in [7, 11) is -2.43. The minimum Gasteiger partial charge on any atom is -0.466 e. The van der Waals surface area contributed by atoms with E-state index in [-0.39, 0.29) is 4.90 Å². The van der Waals surface area contributed by atoms with Crippen molar-refractivity contribution in [3.63, 3.8) is 0 Å². The van der Waals surface area contributed by atoms with Gasteiger partial charge in [0.2, 0.25) is 0 Å². The summed E-state index contributed by atoms with van der Waals surface area (Å²) in [5.74, 6) is -0.0242. The number of sulfonamides is 1. The van der Waals surface area contributed by atoms with Crippen LogP contribution in [0.1, 0.15) is 11.1 Å². The maximum absolute atomic E-state index is 13.4. The molecule has 2 aromatic carbocycles. The minimum absolute atomic E-state index is 0.273. The Hall–Kier alpha value is -3.19. The van der Waals surface area contributed by atoms with Gasteiger partial charge in [0, 0.05) is 24.2 Å². The number of methoxy groups -OCH3 is 1. The van der Waals surface area contributed by atoms with E-state index in [0.717, 1.165) is 10.9 Å². The third kappa shape index (κ3) is 3.14. The summed E-state index contributed by atoms with van der Waals surface area (Å²) < 4.78 is 32.7. The van der Waals surface area contributed by atoms with Crippen molar-refractivity contribution < 1.29 is 17.9 Å². The van der Waals surface area contributed by atoms with Crippen LogP contribution in [0, 0.1) is 0 Å². The van der Waals surface area contributed by atoms with E-state index >= 15 is 0 Å². The number of hydrogen-bond donors (Lipinski definition) is 0. The summed E-state index contributed by atoms with van der Waals surface area (Å²) in [5, 5.41) is 1.57. The van der Waals surface area contributed by atoms with E-state index in [1.54, 1.807) is 24.4 Å². The molecule has 3 aromatic rings. The van der Waals surface area contributed by atoms with Crippen LogP contribution in [0.5, 0.6) is 0 Å². The number of ether oxygens (including phenoxy) is 1. The number of carbonyl (C=O) groups excluding carboxylic acids is 1. The molecule has 0 spiro atoms. The lowest BCUT2D eigenvalue weighted by Crippen LogP contribution is -2.29. The molecule has 0 atom stereocenters. The first kappa shape index (κ1) is 18.2. The lowest BCUT2D eigenvalue weighted by molar-refractivity contribution is -0.134. The zero-order valence-corrected chi connectivity index (χ0v) is 16.0. The van der Waals surface area contributed by atoms with Crippen LogP contribution in [0.2, 0.25) is 0 Å². The number of pyridine rings is 1. The van der Waals surface area contributed by atoms with Gasteiger partial charge in [-0.15, -0.1) is 0 Å². The van der Waals surface area contributed by atoms with Gasteiger partial charge in [-0.1, -0.05) is 36.4 Å². The van der Waals surface area contributed by atoms with Crippen molar-refractivity contribution in [1.29, 1.82) is 0 Å². The fourth-order valence-corrected chi connectivity index (χ4v) is 5.03. The second-order valence-corrected chi connectivity index (χ2v) is 8.24. The standard InChI is InChI=1S/C21H18N2O4S/c1-27-20(24)10-9-15-13-17-11-12-23(21(17)22-14-15)28(25,26)19-8-4-6-16-5-2-3-7-18(16)19/h2-10,13-14H,11-12H2,1H3. The number of hydrogen-bond acceptors (Lipinski definition) is 5. The Morgan fingerprint density at radius 2 is 1.96 bits per heavy atom. The topological polar surface area (TPSA) is 76.6 Å². The molecule has 6 nitrogen and oxygen atoms in total. The van der Waals surface area contributed by atoms with Gasteiger partial charge >= 0.3 is 5.97 Å². The van der Waals surface area contributed by atoms with E-state index in [1.807, 2.05) is 36.4 Å². The van der Waals surface area contributed by atoms with Gasteiger partial charge in [0.25, 0.3) is 10.0 Å². The fraction of sp³-hybridized carbons (Fsp3) is 0.143. The maximum Gasteiger partial charge on any atom is 0.330 e. The smallest absolute Gasteiger partial charge is 0.330 e. The van der Waals surface area contributed by atoms with Gasteiger partial charge in [-0.2, -0.15) is 0 Å². The Labute approximate surface area is 163 Å². The number of fused-ring (bicyclic) bond motifs is 2. The number of esters is 1. The minimum atomic E-state index is -3.74. The highest BCUT2D eigenvalue weighted by Crippen LogP contribution is 2.34. The molecule has 1 aliphatic heterocycles. The highest BCUT2D eigenvalue weighted by molar-refractivity contribution is 7.93. The number of carbonyl (C=O) groups is 1. The van der Waals surface area contributed by atoms with Crippen LogP contribution < -0.4 is 4.31 Å². The highest BCUT2D eigenvalue weighted by atomic mass is 32.2. The van der Waals surface area contributed by atoms with Gasteiger partial charge in [-0.3, -0.25) is 0 Å². The quantitative estimate of drug-likeness (QED) is 0.502. The molecule has 7 heteroatoms. The number of aromatic nitrogens is 1. The van der Waals surface area contributed by atoms with Crippen molar-refractivity contribution in [3.8, 4) is 0 Å². The summed E-state index contributed by atoms with van der Waals surface area (Å²) in [6.07, 6.45) is 5.02. The average Bonchev–Trinajstić information content (AvgIpc) is 3.15. The van der Waals surface area contributed by atoms with E-state index in [0.29, 0.717) is 29.7 Å². The van der Waals surface area contributed by atoms with Gasteiger partial charge in [0.1, 0.15) is 5.82 Å². The third-order valence-corrected chi connectivity index (χ3v) is 6.56. The predicted octanol–water partition coefficient (Wildman–Crippen LogP) is 3.17. The Morgan fingerprint density at radius 1 is 1.18 bits per heavy atom. The molecule has 0 amide bonds. The Morgan fingerprint density at radius 3 is 2.79 bits per heavy atom. The van der Waals surface area contributed by atoms with Gasteiger partial charge in [-0.25, -0.2) is 22.5 Å². The van der Waals surface area contributed by atoms with Crippen molar-refractivity contribution in [2.75, 3.05) is 18.0 Å². The fourth-order valence-electron chi connectivity index (χ4n) is 3.35. The lowest BCUT2D eigenvalue weighted by Gasteiger charge is -2.19. The number of rotatable bonds is 4. The Balaban J connectivity index is 1.72. The first-order valence-corrected chi connectivity index (χ1v) is 10.2. The molecule has 0 saturated carbocycles. The monoisotopic (exact) mass is 394 g/mol. The molecule has 0 aliphatic carbocycles. The Kier molecular flexibility index (Phi) is 4.60. The van der Waals surface area contributed by atoms with Crippen LogP contribution in [0.15, 0.2) is 65.7 Å². The summed E-state index contributed by atoms with van der Waals surface area (Å²) in [6, 6.07) is 14.5. The largest absolute Gasteiger partial charge is 0.466 e. The van der Waals surface area contributed by atoms with Crippen LogP contribution in [-0.4, -0.2) is 33.0 Å². The number of anilines is 1. The summed E-state index contributed by atoms with van der Waals surface area (Å²) in [5.41, 5.74) is 1.55. The van der Waals surface area contributed by atoms with Gasteiger partial charge in [0.05, 0.1) is 12.0 Å². The van der Waals surface area contributed by atoms with Crippen LogP contribution in [0.4, 0.5) is 5.82 Å². The summed E-state index contributed by atoms with van der Waals surface area (Å²) >= 11 is 0. The van der Waals surface area contributed by atoms with Crippen molar-refractivity contribution in [1.82, 2.24) is 4.98 Å². The third-order valence-electron chi connectivity index (χ3n) is 4.72. The van der Waals surface area contributed by atoms with Gasteiger partial charge in [-0.05, 0) is 41.1 Å². The van der Waals surface area contributed by atoms with Crippen LogP contribution >= 0.6 is 0 Å². The summed E-state index contributed by atoms with van der Waals surface area (Å²) in [6.45, 7) is 0.331. The molecule has 0 fully saturated rings. The first-order chi connectivity index (χ1) is 13.5. The lowest BCUT2D eigenvalue weighted by atomic mass is 10.1. The van der Waals surface area contributed by atoms with Gasteiger partial charge < -0.3 is 4.74 Å². The molecule has 0 saturated heterocycles. The van der Waals surface area contributed by atoms with Crippen molar-refractivity contribution in [3.05, 3.63) is 71.9 Å². The first-order valence-electron chi connectivity index (χ1n) is 8.76. The zero-order valence-electron chi connectivity index (χ0n) is 15.2. The van der Waals surface area contributed by atoms with Gasteiger partial charge in [0.15, 0.2) is 0 Å². The highest BCUT2D eigenvalue weighted by Gasteiger charge is 2.33. The second kappa shape index (κ2) is 7.09. The molecule has 1 aliphatic rings. The molecular formula is C21H18N2O4S. The molecule has 142 valence electrons. The number of benzene rings is 2. The zero-order chi connectivity index (χ0) is 19.7. The van der Waals surface area contributed by atoms with E-state index in [2.05, 4.69) is 9.72 Å².